The summed E-state index contributed by atoms with van der Waals surface area (Å²) >= 11 is 2.29. The minimum absolute atomic E-state index is 0.371. The molecule has 1 aliphatic rings. The quantitative estimate of drug-likeness (QED) is 0.811. The molecule has 2 aromatic rings. The third-order valence-corrected chi connectivity index (χ3v) is 5.77. The predicted molar refractivity (Wildman–Crippen MR) is 94.1 cm³/mol. The van der Waals surface area contributed by atoms with Gasteiger partial charge in [-0.1, -0.05) is 30.3 Å². The van der Waals surface area contributed by atoms with E-state index >= 15 is 0 Å². The van der Waals surface area contributed by atoms with Gasteiger partial charge in [0.25, 0.3) is 0 Å². The number of halogens is 1. The zero-order valence-corrected chi connectivity index (χ0v) is 14.6. The van der Waals surface area contributed by atoms with Gasteiger partial charge >= 0.3 is 0 Å². The highest BCUT2D eigenvalue weighted by atomic mass is 127. The number of nitrogen functional groups attached to an aromatic ring is 1. The van der Waals surface area contributed by atoms with Crippen molar-refractivity contribution >= 4 is 28.4 Å². The Hall–Kier alpha value is -1.08. The molecule has 0 amide bonds. The summed E-state index contributed by atoms with van der Waals surface area (Å²) in [6.45, 7) is 6.39. The molecule has 2 unspecified atom stereocenters. The van der Waals surface area contributed by atoms with Crippen LogP contribution in [0.1, 0.15) is 30.6 Å². The van der Waals surface area contributed by atoms with Crippen molar-refractivity contribution in [1.82, 2.24) is 14.7 Å². The molecular formula is C16H21IN4. The van der Waals surface area contributed by atoms with E-state index < -0.39 is 0 Å². The highest BCUT2D eigenvalue weighted by Gasteiger charge is 2.34. The second-order valence-corrected chi connectivity index (χ2v) is 6.86. The Labute approximate surface area is 139 Å². The maximum absolute atomic E-state index is 6.22. The molecule has 3 rings (SSSR count). The molecule has 0 bridgehead atoms. The number of aromatic nitrogens is 2. The number of likely N-dealkylation sites (tertiary alicyclic amines) is 1. The number of anilines is 1. The molecule has 1 aliphatic heterocycles. The van der Waals surface area contributed by atoms with Crippen molar-refractivity contribution in [2.45, 2.75) is 38.9 Å². The van der Waals surface area contributed by atoms with Crippen molar-refractivity contribution < 1.29 is 0 Å². The van der Waals surface area contributed by atoms with E-state index in [1.54, 1.807) is 0 Å². The summed E-state index contributed by atoms with van der Waals surface area (Å²) in [6, 6.07) is 11.5. The molecule has 0 saturated carbocycles. The smallest absolute Gasteiger partial charge is 0.135 e. The summed E-state index contributed by atoms with van der Waals surface area (Å²) in [7, 11) is 0. The molecule has 2 N–H and O–H groups in total. The minimum atomic E-state index is 0.371. The lowest BCUT2D eigenvalue weighted by Gasteiger charge is -2.25. The molecule has 4 nitrogen and oxygen atoms in total. The van der Waals surface area contributed by atoms with Crippen LogP contribution < -0.4 is 5.73 Å². The first-order valence-corrected chi connectivity index (χ1v) is 8.44. The molecule has 112 valence electrons. The van der Waals surface area contributed by atoms with Crippen molar-refractivity contribution in [3.63, 3.8) is 0 Å². The monoisotopic (exact) mass is 396 g/mol. The topological polar surface area (TPSA) is 47.1 Å². The summed E-state index contributed by atoms with van der Waals surface area (Å²) in [5.41, 5.74) is 8.61. The maximum atomic E-state index is 6.22. The fraction of sp³-hybridized carbons (Fsp3) is 0.438. The molecule has 1 fully saturated rings. The number of hydrogen-bond donors (Lipinski definition) is 1. The number of benzene rings is 1. The van der Waals surface area contributed by atoms with Crippen LogP contribution in [0.2, 0.25) is 0 Å². The van der Waals surface area contributed by atoms with E-state index in [4.69, 9.17) is 5.73 Å². The van der Waals surface area contributed by atoms with Crippen LogP contribution in [-0.2, 0) is 6.54 Å². The Bertz CT molecular complexity index is 623. The second-order valence-electron chi connectivity index (χ2n) is 5.78. The summed E-state index contributed by atoms with van der Waals surface area (Å²) in [5.74, 6) is 0.812. The average Bonchev–Trinajstić information content (AvgIpc) is 2.96. The van der Waals surface area contributed by atoms with Crippen LogP contribution in [0.4, 0.5) is 5.82 Å². The molecular weight excluding hydrogens is 375 g/mol. The van der Waals surface area contributed by atoms with Gasteiger partial charge in [0.05, 0.1) is 15.3 Å². The van der Waals surface area contributed by atoms with E-state index in [0.29, 0.717) is 12.1 Å². The number of nitrogens with zero attached hydrogens (tertiary/aromatic N) is 3. The van der Waals surface area contributed by atoms with Crippen LogP contribution in [0.25, 0.3) is 0 Å². The lowest BCUT2D eigenvalue weighted by atomic mass is 10.1. The largest absolute Gasteiger partial charge is 0.383 e. The maximum Gasteiger partial charge on any atom is 0.135 e. The van der Waals surface area contributed by atoms with Gasteiger partial charge in [-0.15, -0.1) is 0 Å². The standard InChI is InChI=1S/C16H21IN4/c1-11-15(17)16(18)21(19-11)14-8-9-20(12(14)2)10-13-6-4-3-5-7-13/h3-7,12,14H,8-10,18H2,1-2H3. The Morgan fingerprint density at radius 3 is 2.67 bits per heavy atom. The van der Waals surface area contributed by atoms with Crippen molar-refractivity contribution in [2.75, 3.05) is 12.3 Å². The van der Waals surface area contributed by atoms with Crippen LogP contribution in [0, 0.1) is 10.5 Å². The zero-order chi connectivity index (χ0) is 15.0. The molecule has 1 aromatic carbocycles. The van der Waals surface area contributed by atoms with Crippen LogP contribution >= 0.6 is 22.6 Å². The average molecular weight is 396 g/mol. The summed E-state index contributed by atoms with van der Waals surface area (Å²) in [6.07, 6.45) is 1.11. The zero-order valence-electron chi connectivity index (χ0n) is 12.5. The van der Waals surface area contributed by atoms with Gasteiger partial charge in [0.1, 0.15) is 5.82 Å². The van der Waals surface area contributed by atoms with E-state index in [9.17, 15) is 0 Å². The van der Waals surface area contributed by atoms with Crippen LogP contribution in [-0.4, -0.2) is 27.3 Å². The van der Waals surface area contributed by atoms with Crippen molar-refractivity contribution in [1.29, 1.82) is 0 Å². The van der Waals surface area contributed by atoms with Gasteiger partial charge in [0.2, 0.25) is 0 Å². The van der Waals surface area contributed by atoms with Gasteiger partial charge in [0.15, 0.2) is 0 Å². The summed E-state index contributed by atoms with van der Waals surface area (Å²) in [4.78, 5) is 2.52. The molecule has 0 spiro atoms. The van der Waals surface area contributed by atoms with Crippen molar-refractivity contribution in [2.24, 2.45) is 0 Å². The number of aryl methyl sites for hydroxylation is 1. The van der Waals surface area contributed by atoms with Gasteiger partial charge < -0.3 is 5.73 Å². The Morgan fingerprint density at radius 2 is 2.05 bits per heavy atom. The molecule has 0 aliphatic carbocycles. The molecule has 2 atom stereocenters. The van der Waals surface area contributed by atoms with Gasteiger partial charge in [-0.3, -0.25) is 4.90 Å². The Morgan fingerprint density at radius 1 is 1.33 bits per heavy atom. The van der Waals surface area contributed by atoms with E-state index in [2.05, 4.69) is 69.8 Å². The third kappa shape index (κ3) is 2.81. The van der Waals surface area contributed by atoms with Gasteiger partial charge in [-0.25, -0.2) is 4.68 Å². The SMILES string of the molecule is Cc1nn(C2CCN(Cc3ccccc3)C2C)c(N)c1I. The molecule has 1 saturated heterocycles. The van der Waals surface area contributed by atoms with Crippen molar-refractivity contribution in [3.8, 4) is 0 Å². The second kappa shape index (κ2) is 5.96. The van der Waals surface area contributed by atoms with Crippen LogP contribution in [0.3, 0.4) is 0 Å². The Balaban J connectivity index is 1.77. The van der Waals surface area contributed by atoms with Gasteiger partial charge in [-0.05, 0) is 48.4 Å². The number of nitrogens with two attached hydrogens (primary N) is 1. The fourth-order valence-corrected chi connectivity index (χ4v) is 3.51. The number of hydrogen-bond acceptors (Lipinski definition) is 3. The number of rotatable bonds is 3. The lowest BCUT2D eigenvalue weighted by Crippen LogP contribution is -2.31. The normalized spacial score (nSPS) is 22.8. The highest BCUT2D eigenvalue weighted by molar-refractivity contribution is 14.1. The van der Waals surface area contributed by atoms with E-state index in [0.717, 1.165) is 34.6 Å². The summed E-state index contributed by atoms with van der Waals surface area (Å²) in [5, 5.41) is 4.64. The van der Waals surface area contributed by atoms with Crippen LogP contribution in [0.5, 0.6) is 0 Å². The highest BCUT2D eigenvalue weighted by Crippen LogP contribution is 2.33. The van der Waals surface area contributed by atoms with E-state index in [-0.39, 0.29) is 0 Å². The first-order chi connectivity index (χ1) is 10.1. The van der Waals surface area contributed by atoms with Crippen molar-refractivity contribution in [3.05, 3.63) is 45.2 Å². The fourth-order valence-electron chi connectivity index (χ4n) is 3.15. The van der Waals surface area contributed by atoms with E-state index in [1.165, 1.54) is 5.56 Å². The van der Waals surface area contributed by atoms with Gasteiger partial charge in [0, 0.05) is 19.1 Å². The first kappa shape index (κ1) is 14.8. The lowest BCUT2D eigenvalue weighted by molar-refractivity contribution is 0.230. The Kier molecular flexibility index (Phi) is 4.21. The third-order valence-electron chi connectivity index (χ3n) is 4.43. The summed E-state index contributed by atoms with van der Waals surface area (Å²) < 4.78 is 3.12. The predicted octanol–water partition coefficient (Wildman–Crippen LogP) is 3.21. The minimum Gasteiger partial charge on any atom is -0.383 e. The molecule has 2 heterocycles. The van der Waals surface area contributed by atoms with Gasteiger partial charge in [-0.2, -0.15) is 5.10 Å². The van der Waals surface area contributed by atoms with Crippen LogP contribution in [0.15, 0.2) is 30.3 Å². The molecule has 0 radical (unpaired) electrons. The first-order valence-electron chi connectivity index (χ1n) is 7.36. The molecule has 21 heavy (non-hydrogen) atoms. The molecule has 1 aromatic heterocycles. The van der Waals surface area contributed by atoms with E-state index in [1.807, 2.05) is 11.6 Å². The molecule has 5 heteroatoms.